The fraction of sp³-hybridized carbons (Fsp3) is 0.150. The van der Waals surface area contributed by atoms with E-state index < -0.39 is 10.0 Å². The summed E-state index contributed by atoms with van der Waals surface area (Å²) in [5.41, 5.74) is 1.32. The largest absolute Gasteiger partial charge is 0.497 e. The normalized spacial score (nSPS) is 11.0. The van der Waals surface area contributed by atoms with Gasteiger partial charge in [0.2, 0.25) is 0 Å². The minimum Gasteiger partial charge on any atom is -0.497 e. The van der Waals surface area contributed by atoms with Crippen LogP contribution in [0.25, 0.3) is 0 Å². The summed E-state index contributed by atoms with van der Waals surface area (Å²) in [7, 11) is -0.684. The van der Waals surface area contributed by atoms with Crippen LogP contribution in [0.3, 0.4) is 0 Å². The second-order valence-electron chi connectivity index (χ2n) is 5.75. The lowest BCUT2D eigenvalue weighted by atomic mass is 10.2. The molecule has 0 atom stereocenters. The zero-order valence-corrected chi connectivity index (χ0v) is 15.9. The topological polar surface area (TPSA) is 68.7 Å². The van der Waals surface area contributed by atoms with Crippen LogP contribution < -0.4 is 13.8 Å². The fourth-order valence-electron chi connectivity index (χ4n) is 2.60. The maximum Gasteiger partial charge on any atom is 0.264 e. The van der Waals surface area contributed by atoms with E-state index in [1.54, 1.807) is 62.0 Å². The van der Waals surface area contributed by atoms with Crippen molar-refractivity contribution in [1.29, 1.82) is 0 Å². The van der Waals surface area contributed by atoms with E-state index in [4.69, 9.17) is 9.47 Å². The molecule has 0 saturated heterocycles. The van der Waals surface area contributed by atoms with Crippen LogP contribution in [0.2, 0.25) is 0 Å². The van der Waals surface area contributed by atoms with Gasteiger partial charge in [-0.05, 0) is 60.2 Å². The Hall–Kier alpha value is -3.06. The van der Waals surface area contributed by atoms with Crippen molar-refractivity contribution in [3.8, 4) is 11.5 Å². The molecule has 0 saturated carbocycles. The number of benzene rings is 2. The van der Waals surface area contributed by atoms with Crippen molar-refractivity contribution in [2.45, 2.75) is 11.4 Å². The van der Waals surface area contributed by atoms with E-state index in [9.17, 15) is 8.42 Å². The summed E-state index contributed by atoms with van der Waals surface area (Å²) in [5, 5.41) is 0. The number of anilines is 1. The molecule has 0 aliphatic heterocycles. The molecule has 0 fully saturated rings. The minimum atomic E-state index is -3.79. The van der Waals surface area contributed by atoms with Gasteiger partial charge in [-0.2, -0.15) is 0 Å². The van der Waals surface area contributed by atoms with Gasteiger partial charge in [0.1, 0.15) is 11.5 Å². The smallest absolute Gasteiger partial charge is 0.264 e. The molecular formula is C20H20N2O4S. The molecule has 3 rings (SSSR count). The number of ether oxygens (including phenoxy) is 2. The molecule has 140 valence electrons. The second kappa shape index (κ2) is 8.09. The molecule has 0 aliphatic carbocycles. The van der Waals surface area contributed by atoms with Gasteiger partial charge in [-0.15, -0.1) is 0 Å². The van der Waals surface area contributed by atoms with Crippen LogP contribution in [-0.2, 0) is 16.6 Å². The highest BCUT2D eigenvalue weighted by Gasteiger charge is 2.25. The first-order chi connectivity index (χ1) is 13.0. The third kappa shape index (κ3) is 4.20. The Labute approximate surface area is 159 Å². The molecule has 1 aromatic heterocycles. The molecule has 2 aromatic carbocycles. The van der Waals surface area contributed by atoms with E-state index >= 15 is 0 Å². The van der Waals surface area contributed by atoms with Crippen molar-refractivity contribution < 1.29 is 17.9 Å². The summed E-state index contributed by atoms with van der Waals surface area (Å²) in [5.74, 6) is 1.25. The Morgan fingerprint density at radius 3 is 2.00 bits per heavy atom. The van der Waals surface area contributed by atoms with E-state index in [2.05, 4.69) is 4.98 Å². The summed E-state index contributed by atoms with van der Waals surface area (Å²) in [6.45, 7) is 0.161. The van der Waals surface area contributed by atoms with Gasteiger partial charge >= 0.3 is 0 Å². The molecule has 3 aromatic rings. The third-order valence-corrected chi connectivity index (χ3v) is 5.84. The number of hydrogen-bond acceptors (Lipinski definition) is 5. The lowest BCUT2D eigenvalue weighted by Crippen LogP contribution is -2.30. The van der Waals surface area contributed by atoms with Gasteiger partial charge in [-0.1, -0.05) is 6.07 Å². The summed E-state index contributed by atoms with van der Waals surface area (Å²) in [6, 6.07) is 16.8. The maximum absolute atomic E-state index is 13.3. The Kier molecular flexibility index (Phi) is 5.61. The average Bonchev–Trinajstić information content (AvgIpc) is 2.73. The SMILES string of the molecule is COc1ccc(N(Cc2cccnc2)S(=O)(=O)c2ccc(OC)cc2)cc1. The molecule has 0 aliphatic rings. The van der Waals surface area contributed by atoms with Gasteiger partial charge in [0.15, 0.2) is 0 Å². The first kappa shape index (κ1) is 18.7. The molecule has 1 heterocycles. The predicted molar refractivity (Wildman–Crippen MR) is 104 cm³/mol. The number of hydrogen-bond donors (Lipinski definition) is 0. The van der Waals surface area contributed by atoms with E-state index in [0.29, 0.717) is 17.2 Å². The molecule has 7 heteroatoms. The van der Waals surface area contributed by atoms with Crippen molar-refractivity contribution in [3.05, 3.63) is 78.6 Å². The number of pyridine rings is 1. The van der Waals surface area contributed by atoms with Crippen molar-refractivity contribution in [2.75, 3.05) is 18.5 Å². The van der Waals surface area contributed by atoms with Crippen LogP contribution in [0.5, 0.6) is 11.5 Å². The first-order valence-electron chi connectivity index (χ1n) is 8.24. The molecule has 27 heavy (non-hydrogen) atoms. The highest BCUT2D eigenvalue weighted by molar-refractivity contribution is 7.92. The van der Waals surface area contributed by atoms with Gasteiger partial charge in [-0.3, -0.25) is 9.29 Å². The number of methoxy groups -OCH3 is 2. The van der Waals surface area contributed by atoms with E-state index in [0.717, 1.165) is 5.56 Å². The Morgan fingerprint density at radius 2 is 1.48 bits per heavy atom. The first-order valence-corrected chi connectivity index (χ1v) is 9.68. The number of rotatable bonds is 7. The van der Waals surface area contributed by atoms with Crippen LogP contribution in [0.15, 0.2) is 78.0 Å². The van der Waals surface area contributed by atoms with Crippen molar-refractivity contribution in [1.82, 2.24) is 4.98 Å². The monoisotopic (exact) mass is 384 g/mol. The molecule has 6 nitrogen and oxygen atoms in total. The number of sulfonamides is 1. The minimum absolute atomic E-state index is 0.161. The highest BCUT2D eigenvalue weighted by atomic mass is 32.2. The van der Waals surface area contributed by atoms with Crippen LogP contribution in [0, 0.1) is 0 Å². The van der Waals surface area contributed by atoms with Gasteiger partial charge < -0.3 is 9.47 Å². The van der Waals surface area contributed by atoms with Crippen molar-refractivity contribution >= 4 is 15.7 Å². The Bertz CT molecular complexity index is 973. The molecule has 0 N–H and O–H groups in total. The second-order valence-corrected chi connectivity index (χ2v) is 7.61. The standard InChI is InChI=1S/C20H20N2O4S/c1-25-18-7-5-17(6-8-18)22(15-16-4-3-13-21-14-16)27(23,24)20-11-9-19(26-2)10-12-20/h3-14H,15H2,1-2H3. The van der Waals surface area contributed by atoms with Crippen LogP contribution in [0.4, 0.5) is 5.69 Å². The fourth-order valence-corrected chi connectivity index (χ4v) is 4.05. The van der Waals surface area contributed by atoms with E-state index in [1.165, 1.54) is 23.5 Å². The number of nitrogens with zero attached hydrogens (tertiary/aromatic N) is 2. The van der Waals surface area contributed by atoms with Gasteiger partial charge in [-0.25, -0.2) is 8.42 Å². The summed E-state index contributed by atoms with van der Waals surface area (Å²) < 4.78 is 38.3. The summed E-state index contributed by atoms with van der Waals surface area (Å²) >= 11 is 0. The zero-order chi connectivity index (χ0) is 19.3. The van der Waals surface area contributed by atoms with E-state index in [-0.39, 0.29) is 11.4 Å². The van der Waals surface area contributed by atoms with Crippen LogP contribution >= 0.6 is 0 Å². The highest BCUT2D eigenvalue weighted by Crippen LogP contribution is 2.28. The average molecular weight is 384 g/mol. The Balaban J connectivity index is 2.03. The zero-order valence-electron chi connectivity index (χ0n) is 15.1. The van der Waals surface area contributed by atoms with E-state index in [1.807, 2.05) is 6.07 Å². The molecule has 0 unspecified atom stereocenters. The van der Waals surface area contributed by atoms with Gasteiger partial charge in [0.25, 0.3) is 10.0 Å². The Morgan fingerprint density at radius 1 is 0.889 bits per heavy atom. The predicted octanol–water partition coefficient (Wildman–Crippen LogP) is 3.49. The molecule has 0 bridgehead atoms. The van der Waals surface area contributed by atoms with Gasteiger partial charge in [0, 0.05) is 12.4 Å². The molecule has 0 amide bonds. The molecule has 0 spiro atoms. The maximum atomic E-state index is 13.3. The lowest BCUT2D eigenvalue weighted by molar-refractivity contribution is 0.414. The van der Waals surface area contributed by atoms with Gasteiger partial charge in [0.05, 0.1) is 31.3 Å². The van der Waals surface area contributed by atoms with Crippen LogP contribution in [-0.4, -0.2) is 27.6 Å². The van der Waals surface area contributed by atoms with Crippen molar-refractivity contribution in [3.63, 3.8) is 0 Å². The van der Waals surface area contributed by atoms with Crippen LogP contribution in [0.1, 0.15) is 5.56 Å². The summed E-state index contributed by atoms with van der Waals surface area (Å²) in [4.78, 5) is 4.26. The third-order valence-electron chi connectivity index (χ3n) is 4.06. The summed E-state index contributed by atoms with van der Waals surface area (Å²) in [6.07, 6.45) is 3.30. The van der Waals surface area contributed by atoms with Crippen molar-refractivity contribution in [2.24, 2.45) is 0 Å². The molecule has 0 radical (unpaired) electrons. The quantitative estimate of drug-likeness (QED) is 0.624. The molecular weight excluding hydrogens is 364 g/mol. The lowest BCUT2D eigenvalue weighted by Gasteiger charge is -2.25. The number of aromatic nitrogens is 1.